The summed E-state index contributed by atoms with van der Waals surface area (Å²) in [5.41, 5.74) is 0. The smallest absolute Gasteiger partial charge is 0.340 e. The van der Waals surface area contributed by atoms with Crippen LogP contribution in [0.3, 0.4) is 0 Å². The Bertz CT molecular complexity index is 175. The first-order valence-electron chi connectivity index (χ1n) is 2.47. The van der Waals surface area contributed by atoms with Crippen LogP contribution in [0.4, 0.5) is 17.6 Å². The molecule has 0 aromatic rings. The van der Waals surface area contributed by atoms with Gasteiger partial charge >= 0.3 is 11.8 Å². The fourth-order valence-corrected chi connectivity index (χ4v) is 1.82. The summed E-state index contributed by atoms with van der Waals surface area (Å²) in [5.74, 6) is -8.63. The van der Waals surface area contributed by atoms with Crippen molar-refractivity contribution in [2.75, 3.05) is 0 Å². The van der Waals surface area contributed by atoms with E-state index in [9.17, 15) is 17.6 Å². The molecule has 7 heteroatoms. The number of aliphatic hydroxyl groups is 1. The van der Waals surface area contributed by atoms with E-state index in [0.29, 0.717) is 0 Å². The summed E-state index contributed by atoms with van der Waals surface area (Å²) in [6.45, 7) is 0. The van der Waals surface area contributed by atoms with Gasteiger partial charge in [0.05, 0.1) is 0 Å². The zero-order valence-corrected chi connectivity index (χ0v) is 7.96. The molecule has 1 saturated carbocycles. The van der Waals surface area contributed by atoms with E-state index in [1.165, 1.54) is 0 Å². The van der Waals surface area contributed by atoms with E-state index in [2.05, 4.69) is 31.9 Å². The first kappa shape index (κ1) is 9.73. The molecule has 1 atom stereocenters. The summed E-state index contributed by atoms with van der Waals surface area (Å²) in [6.07, 6.45) is -2.41. The standard InChI is InChI=1S/C4H2Br2F4O/c5-2(6)1(11)3(7,8)4(2,9)10/h1,11H. The van der Waals surface area contributed by atoms with Crippen molar-refractivity contribution in [3.8, 4) is 0 Å². The van der Waals surface area contributed by atoms with Crippen LogP contribution < -0.4 is 0 Å². The van der Waals surface area contributed by atoms with Crippen molar-refractivity contribution in [1.29, 1.82) is 0 Å². The highest BCUT2D eigenvalue weighted by Crippen LogP contribution is 2.64. The summed E-state index contributed by atoms with van der Waals surface area (Å²) in [7, 11) is 0. The third-order valence-electron chi connectivity index (χ3n) is 1.52. The Kier molecular flexibility index (Phi) is 1.87. The first-order valence-corrected chi connectivity index (χ1v) is 4.06. The van der Waals surface area contributed by atoms with Crippen LogP contribution in [0.25, 0.3) is 0 Å². The second-order valence-corrected chi connectivity index (χ2v) is 5.79. The third-order valence-corrected chi connectivity index (χ3v) is 3.39. The van der Waals surface area contributed by atoms with Gasteiger partial charge < -0.3 is 5.11 Å². The molecule has 66 valence electrons. The zero-order valence-electron chi connectivity index (χ0n) is 4.79. The van der Waals surface area contributed by atoms with Crippen molar-refractivity contribution in [1.82, 2.24) is 0 Å². The summed E-state index contributed by atoms with van der Waals surface area (Å²) in [4.78, 5) is 0. The molecule has 1 nitrogen and oxygen atoms in total. The lowest BCUT2D eigenvalue weighted by molar-refractivity contribution is -0.330. The maximum absolute atomic E-state index is 12.3. The van der Waals surface area contributed by atoms with Gasteiger partial charge in [0.1, 0.15) is 0 Å². The molecular weight excluding hydrogens is 300 g/mol. The molecule has 1 rings (SSSR count). The number of halogens is 6. The van der Waals surface area contributed by atoms with Crippen molar-refractivity contribution in [3.05, 3.63) is 0 Å². The number of aliphatic hydroxyl groups excluding tert-OH is 1. The van der Waals surface area contributed by atoms with Crippen LogP contribution in [0.1, 0.15) is 0 Å². The molecule has 1 aliphatic carbocycles. The van der Waals surface area contributed by atoms with Gasteiger partial charge in [-0.2, -0.15) is 17.6 Å². The first-order chi connectivity index (χ1) is 4.65. The van der Waals surface area contributed by atoms with E-state index < -0.39 is 21.2 Å². The van der Waals surface area contributed by atoms with Crippen LogP contribution in [-0.2, 0) is 0 Å². The minimum atomic E-state index is -4.36. The topological polar surface area (TPSA) is 20.2 Å². The van der Waals surface area contributed by atoms with Crippen LogP contribution in [-0.4, -0.2) is 26.3 Å². The number of rotatable bonds is 0. The van der Waals surface area contributed by atoms with Crippen LogP contribution in [0.2, 0.25) is 0 Å². The van der Waals surface area contributed by atoms with Crippen LogP contribution >= 0.6 is 31.9 Å². The molecule has 0 heterocycles. The lowest BCUT2D eigenvalue weighted by atomic mass is 9.85. The highest BCUT2D eigenvalue weighted by atomic mass is 79.9. The van der Waals surface area contributed by atoms with E-state index in [4.69, 9.17) is 5.11 Å². The Hall–Kier alpha value is 0.640. The summed E-state index contributed by atoms with van der Waals surface area (Å²) >= 11 is 4.53. The zero-order chi connectivity index (χ0) is 9.08. The van der Waals surface area contributed by atoms with E-state index in [1.807, 2.05) is 0 Å². The average molecular weight is 302 g/mol. The molecule has 0 spiro atoms. The molecule has 0 aliphatic heterocycles. The quantitative estimate of drug-likeness (QED) is 0.537. The Morgan fingerprint density at radius 3 is 1.55 bits per heavy atom. The van der Waals surface area contributed by atoms with Crippen molar-refractivity contribution >= 4 is 31.9 Å². The molecule has 1 fully saturated rings. The van der Waals surface area contributed by atoms with E-state index >= 15 is 0 Å². The molecule has 0 aromatic carbocycles. The summed E-state index contributed by atoms with van der Waals surface area (Å²) in [5, 5.41) is 8.52. The van der Waals surface area contributed by atoms with E-state index in [0.717, 1.165) is 0 Å². The van der Waals surface area contributed by atoms with Gasteiger partial charge in [-0.1, -0.05) is 31.9 Å². The number of hydrogen-bond acceptors (Lipinski definition) is 1. The predicted molar refractivity (Wildman–Crippen MR) is 36.5 cm³/mol. The molecule has 0 bridgehead atoms. The van der Waals surface area contributed by atoms with Crippen LogP contribution in [0.5, 0.6) is 0 Å². The van der Waals surface area contributed by atoms with Gasteiger partial charge in [-0.25, -0.2) is 0 Å². The Morgan fingerprint density at radius 1 is 1.09 bits per heavy atom. The molecule has 0 radical (unpaired) electrons. The lowest BCUT2D eigenvalue weighted by Gasteiger charge is -2.50. The fraction of sp³-hybridized carbons (Fsp3) is 1.00. The monoisotopic (exact) mass is 300 g/mol. The van der Waals surface area contributed by atoms with E-state index in [-0.39, 0.29) is 0 Å². The summed E-state index contributed by atoms with van der Waals surface area (Å²) < 4.78 is 46.6. The van der Waals surface area contributed by atoms with E-state index in [1.54, 1.807) is 0 Å². The lowest BCUT2D eigenvalue weighted by Crippen LogP contribution is -2.76. The highest BCUT2D eigenvalue weighted by Gasteiger charge is 2.86. The maximum atomic E-state index is 12.3. The van der Waals surface area contributed by atoms with Crippen molar-refractivity contribution in [2.24, 2.45) is 0 Å². The second kappa shape index (κ2) is 2.11. The Balaban J connectivity index is 2.98. The molecule has 1 aliphatic rings. The fourth-order valence-electron chi connectivity index (χ4n) is 0.716. The highest BCUT2D eigenvalue weighted by molar-refractivity contribution is 9.25. The second-order valence-electron chi connectivity index (χ2n) is 2.22. The van der Waals surface area contributed by atoms with Gasteiger partial charge in [-0.3, -0.25) is 0 Å². The van der Waals surface area contributed by atoms with Crippen LogP contribution in [0, 0.1) is 0 Å². The molecule has 1 unspecified atom stereocenters. The molecular formula is C4H2Br2F4O. The molecule has 1 N–H and O–H groups in total. The van der Waals surface area contributed by atoms with Crippen molar-refractivity contribution in [2.45, 2.75) is 21.2 Å². The third kappa shape index (κ3) is 0.846. The minimum absolute atomic E-state index is 2.26. The van der Waals surface area contributed by atoms with Gasteiger partial charge in [0.25, 0.3) is 0 Å². The normalized spacial score (nSPS) is 37.9. The van der Waals surface area contributed by atoms with Crippen molar-refractivity contribution in [3.63, 3.8) is 0 Å². The molecule has 0 saturated heterocycles. The van der Waals surface area contributed by atoms with Gasteiger partial charge in [0.15, 0.2) is 9.34 Å². The SMILES string of the molecule is OC1C(F)(F)C(F)(F)C1(Br)Br. The van der Waals surface area contributed by atoms with Gasteiger partial charge in [-0.05, 0) is 0 Å². The van der Waals surface area contributed by atoms with Crippen molar-refractivity contribution < 1.29 is 22.7 Å². The number of hydrogen-bond donors (Lipinski definition) is 1. The maximum Gasteiger partial charge on any atom is 0.340 e. The largest absolute Gasteiger partial charge is 0.384 e. The number of alkyl halides is 6. The van der Waals surface area contributed by atoms with Gasteiger partial charge in [0, 0.05) is 0 Å². The Labute approximate surface area is 76.0 Å². The minimum Gasteiger partial charge on any atom is -0.384 e. The summed E-state index contributed by atoms with van der Waals surface area (Å²) in [6, 6.07) is 0. The van der Waals surface area contributed by atoms with Crippen LogP contribution in [0.15, 0.2) is 0 Å². The molecule has 0 aromatic heterocycles. The molecule has 0 amide bonds. The van der Waals surface area contributed by atoms with Gasteiger partial charge in [0.2, 0.25) is 0 Å². The predicted octanol–water partition coefficient (Wildman–Crippen LogP) is 2.12. The average Bonchev–Trinajstić information content (AvgIpc) is 1.84. The van der Waals surface area contributed by atoms with Gasteiger partial charge in [-0.15, -0.1) is 0 Å². The Morgan fingerprint density at radius 2 is 1.45 bits per heavy atom. The molecule has 11 heavy (non-hydrogen) atoms.